The molecule has 1 unspecified atom stereocenters. The van der Waals surface area contributed by atoms with Crippen molar-refractivity contribution in [1.29, 1.82) is 0 Å². The normalized spacial score (nSPS) is 20.4. The number of carbonyl (C=O) groups is 1. The van der Waals surface area contributed by atoms with E-state index in [1.165, 1.54) is 21.9 Å². The number of nitrogens with two attached hydrogens (primary N) is 1. The summed E-state index contributed by atoms with van der Waals surface area (Å²) in [4.78, 5) is 13.3. The van der Waals surface area contributed by atoms with Gasteiger partial charge in [0.25, 0.3) is 0 Å². The Labute approximate surface area is 128 Å². The average Bonchev–Trinajstić information content (AvgIpc) is 2.75. The number of carbonyl (C=O) groups excluding carboxylic acids is 1. The number of anilines is 1. The van der Waals surface area contributed by atoms with Crippen molar-refractivity contribution in [3.63, 3.8) is 0 Å². The summed E-state index contributed by atoms with van der Waals surface area (Å²) < 4.78 is 29.8. The molecular formula is C13H20N2O4S2. The van der Waals surface area contributed by atoms with E-state index in [1.807, 2.05) is 6.92 Å². The van der Waals surface area contributed by atoms with E-state index in [9.17, 15) is 13.2 Å². The third kappa shape index (κ3) is 4.18. The molecule has 2 heterocycles. The van der Waals surface area contributed by atoms with Gasteiger partial charge in [0.15, 0.2) is 0 Å². The third-order valence-electron chi connectivity index (χ3n) is 3.56. The van der Waals surface area contributed by atoms with Crippen molar-refractivity contribution in [2.45, 2.75) is 19.8 Å². The summed E-state index contributed by atoms with van der Waals surface area (Å²) >= 11 is 1.31. The second-order valence-corrected chi connectivity index (χ2v) is 8.59. The number of nitrogen functional groups attached to an aromatic ring is 1. The van der Waals surface area contributed by atoms with E-state index in [4.69, 9.17) is 10.5 Å². The number of hydrogen-bond donors (Lipinski definition) is 1. The SMILES string of the molecule is Cc1sc(C(=O)OCC2CCCN(S(C)(=O)=O)C2)cc1N. The number of sulfonamides is 1. The van der Waals surface area contributed by atoms with Gasteiger partial charge >= 0.3 is 5.97 Å². The van der Waals surface area contributed by atoms with Gasteiger partial charge < -0.3 is 10.5 Å². The molecule has 118 valence electrons. The highest BCUT2D eigenvalue weighted by Crippen LogP contribution is 2.25. The molecule has 1 fully saturated rings. The van der Waals surface area contributed by atoms with Crippen LogP contribution >= 0.6 is 11.3 Å². The zero-order valence-corrected chi connectivity index (χ0v) is 13.8. The van der Waals surface area contributed by atoms with Gasteiger partial charge in [0.1, 0.15) is 4.88 Å². The number of aryl methyl sites for hydroxylation is 1. The molecule has 2 rings (SSSR count). The Morgan fingerprint density at radius 1 is 1.57 bits per heavy atom. The van der Waals surface area contributed by atoms with Gasteiger partial charge in [-0.2, -0.15) is 0 Å². The van der Waals surface area contributed by atoms with Crippen LogP contribution in [0.2, 0.25) is 0 Å². The van der Waals surface area contributed by atoms with Gasteiger partial charge in [0, 0.05) is 29.6 Å². The Bertz CT molecular complexity index is 605. The molecule has 6 nitrogen and oxygen atoms in total. The molecule has 0 bridgehead atoms. The van der Waals surface area contributed by atoms with Crippen molar-refractivity contribution in [3.8, 4) is 0 Å². The van der Waals surface area contributed by atoms with Crippen LogP contribution in [0.25, 0.3) is 0 Å². The molecule has 1 aliphatic heterocycles. The van der Waals surface area contributed by atoms with Crippen molar-refractivity contribution in [3.05, 3.63) is 15.8 Å². The van der Waals surface area contributed by atoms with Crippen LogP contribution < -0.4 is 5.73 Å². The van der Waals surface area contributed by atoms with Crippen molar-refractivity contribution in [2.75, 3.05) is 31.7 Å². The topological polar surface area (TPSA) is 89.7 Å². The van der Waals surface area contributed by atoms with E-state index < -0.39 is 16.0 Å². The first kappa shape index (κ1) is 16.3. The molecule has 1 aromatic rings. The van der Waals surface area contributed by atoms with Crippen LogP contribution in [0.15, 0.2) is 6.07 Å². The molecule has 0 radical (unpaired) electrons. The van der Waals surface area contributed by atoms with Crippen LogP contribution in [0.4, 0.5) is 5.69 Å². The maximum absolute atomic E-state index is 11.9. The van der Waals surface area contributed by atoms with Crippen LogP contribution in [0.5, 0.6) is 0 Å². The Morgan fingerprint density at radius 2 is 2.29 bits per heavy atom. The molecule has 8 heteroatoms. The monoisotopic (exact) mass is 332 g/mol. The molecule has 1 saturated heterocycles. The Kier molecular flexibility index (Phi) is 4.90. The fourth-order valence-corrected chi connectivity index (χ4v) is 4.10. The van der Waals surface area contributed by atoms with Crippen molar-refractivity contribution >= 4 is 33.0 Å². The zero-order valence-electron chi connectivity index (χ0n) is 12.2. The third-order valence-corrected chi connectivity index (χ3v) is 5.87. The minimum absolute atomic E-state index is 0.0517. The maximum atomic E-state index is 11.9. The quantitative estimate of drug-likeness (QED) is 0.843. The van der Waals surface area contributed by atoms with Crippen molar-refractivity contribution in [1.82, 2.24) is 4.31 Å². The molecular weight excluding hydrogens is 312 g/mol. The number of piperidine rings is 1. The van der Waals surface area contributed by atoms with Crippen LogP contribution in [0.1, 0.15) is 27.4 Å². The smallest absolute Gasteiger partial charge is 0.348 e. The summed E-state index contributed by atoms with van der Waals surface area (Å²) in [6.45, 7) is 3.05. The van der Waals surface area contributed by atoms with Gasteiger partial charge in [0.05, 0.1) is 12.9 Å². The summed E-state index contributed by atoms with van der Waals surface area (Å²) in [7, 11) is -3.17. The molecule has 1 aromatic heterocycles. The molecule has 0 saturated carbocycles. The minimum Gasteiger partial charge on any atom is -0.461 e. The van der Waals surface area contributed by atoms with Crippen LogP contribution in [-0.4, -0.2) is 44.6 Å². The largest absolute Gasteiger partial charge is 0.461 e. The molecule has 1 aliphatic rings. The molecule has 1 atom stereocenters. The van der Waals surface area contributed by atoms with E-state index in [2.05, 4.69) is 0 Å². The minimum atomic E-state index is -3.17. The zero-order chi connectivity index (χ0) is 15.6. The summed E-state index contributed by atoms with van der Waals surface area (Å²) in [6, 6.07) is 1.62. The Morgan fingerprint density at radius 3 is 2.86 bits per heavy atom. The molecule has 0 amide bonds. The van der Waals surface area contributed by atoms with Gasteiger partial charge in [-0.15, -0.1) is 11.3 Å². The van der Waals surface area contributed by atoms with Gasteiger partial charge in [0.2, 0.25) is 10.0 Å². The predicted molar refractivity (Wildman–Crippen MR) is 82.9 cm³/mol. The maximum Gasteiger partial charge on any atom is 0.348 e. The summed E-state index contributed by atoms with van der Waals surface area (Å²) in [6.07, 6.45) is 2.86. The van der Waals surface area contributed by atoms with E-state index in [-0.39, 0.29) is 12.5 Å². The first-order valence-electron chi connectivity index (χ1n) is 6.75. The van der Waals surface area contributed by atoms with Crippen LogP contribution in [0.3, 0.4) is 0 Å². The van der Waals surface area contributed by atoms with Crippen LogP contribution in [-0.2, 0) is 14.8 Å². The van der Waals surface area contributed by atoms with Gasteiger partial charge in [-0.05, 0) is 25.8 Å². The lowest BCUT2D eigenvalue weighted by Crippen LogP contribution is -2.40. The van der Waals surface area contributed by atoms with Gasteiger partial charge in [-0.25, -0.2) is 17.5 Å². The molecule has 0 aromatic carbocycles. The Hall–Kier alpha value is -1.12. The van der Waals surface area contributed by atoms with Crippen LogP contribution in [0, 0.1) is 12.8 Å². The Balaban J connectivity index is 1.89. The summed E-state index contributed by atoms with van der Waals surface area (Å²) in [5.74, 6) is -0.341. The van der Waals surface area contributed by atoms with E-state index >= 15 is 0 Å². The first-order chi connectivity index (χ1) is 9.77. The van der Waals surface area contributed by atoms with E-state index in [0.29, 0.717) is 23.7 Å². The second kappa shape index (κ2) is 6.33. The van der Waals surface area contributed by atoms with Gasteiger partial charge in [-0.3, -0.25) is 0 Å². The number of esters is 1. The van der Waals surface area contributed by atoms with E-state index in [1.54, 1.807) is 6.07 Å². The fourth-order valence-electron chi connectivity index (χ4n) is 2.33. The standard InChI is InChI=1S/C13H20N2O4S2/c1-9-11(14)6-12(20-9)13(16)19-8-10-4-3-5-15(7-10)21(2,17)18/h6,10H,3-5,7-8,14H2,1-2H3. The highest BCUT2D eigenvalue weighted by Gasteiger charge is 2.27. The van der Waals surface area contributed by atoms with E-state index in [0.717, 1.165) is 17.7 Å². The highest BCUT2D eigenvalue weighted by atomic mass is 32.2. The number of thiophene rings is 1. The predicted octanol–water partition coefficient (Wildman–Crippen LogP) is 1.47. The number of nitrogens with zero attached hydrogens (tertiary/aromatic N) is 1. The lowest BCUT2D eigenvalue weighted by atomic mass is 10.0. The number of ether oxygens (including phenoxy) is 1. The second-order valence-electron chi connectivity index (χ2n) is 5.35. The van der Waals surface area contributed by atoms with Crippen molar-refractivity contribution in [2.24, 2.45) is 5.92 Å². The average molecular weight is 332 g/mol. The van der Waals surface area contributed by atoms with Crippen molar-refractivity contribution < 1.29 is 17.9 Å². The first-order valence-corrected chi connectivity index (χ1v) is 9.42. The lowest BCUT2D eigenvalue weighted by molar-refractivity contribution is 0.0402. The molecule has 21 heavy (non-hydrogen) atoms. The number of hydrogen-bond acceptors (Lipinski definition) is 6. The fraction of sp³-hybridized carbons (Fsp3) is 0.615. The highest BCUT2D eigenvalue weighted by molar-refractivity contribution is 7.88. The summed E-state index contributed by atoms with van der Waals surface area (Å²) in [5.41, 5.74) is 6.30. The lowest BCUT2D eigenvalue weighted by Gasteiger charge is -2.30. The number of rotatable bonds is 4. The molecule has 0 aliphatic carbocycles. The molecule has 2 N–H and O–H groups in total. The molecule has 0 spiro atoms. The van der Waals surface area contributed by atoms with Gasteiger partial charge in [-0.1, -0.05) is 0 Å². The summed E-state index contributed by atoms with van der Waals surface area (Å²) in [5, 5.41) is 0.